The quantitative estimate of drug-likeness (QED) is 0.541. The summed E-state index contributed by atoms with van der Waals surface area (Å²) < 4.78 is 10.9. The van der Waals surface area contributed by atoms with E-state index < -0.39 is 0 Å². The first-order valence-electron chi connectivity index (χ1n) is 9.14. The van der Waals surface area contributed by atoms with Gasteiger partial charge in [0.05, 0.1) is 18.8 Å². The highest BCUT2D eigenvalue weighted by atomic mass is 16.5. The lowest BCUT2D eigenvalue weighted by atomic mass is 9.79. The van der Waals surface area contributed by atoms with Crippen molar-refractivity contribution in [3.63, 3.8) is 0 Å². The SMILES string of the molecule is CCOC(=O)c1ccc(/C=C(\C)c2ccc3c(c2)OCCC3(C)C)cc1. The first-order valence-corrected chi connectivity index (χ1v) is 9.14. The molecule has 0 radical (unpaired) electrons. The molecule has 0 spiro atoms. The Balaban J connectivity index is 1.83. The molecule has 0 unspecified atom stereocenters. The van der Waals surface area contributed by atoms with Gasteiger partial charge >= 0.3 is 5.97 Å². The van der Waals surface area contributed by atoms with Gasteiger partial charge < -0.3 is 9.47 Å². The van der Waals surface area contributed by atoms with Crippen LogP contribution >= 0.6 is 0 Å². The number of rotatable bonds is 4. The summed E-state index contributed by atoms with van der Waals surface area (Å²) in [5, 5.41) is 0. The first-order chi connectivity index (χ1) is 12.4. The zero-order valence-corrected chi connectivity index (χ0v) is 16.0. The van der Waals surface area contributed by atoms with Crippen LogP contribution in [0.1, 0.15) is 61.2 Å². The Bertz CT molecular complexity index is 829. The van der Waals surface area contributed by atoms with E-state index in [0.717, 1.165) is 35.5 Å². The molecule has 0 N–H and O–H groups in total. The van der Waals surface area contributed by atoms with Crippen LogP contribution in [-0.4, -0.2) is 19.2 Å². The number of carbonyl (C=O) groups excluding carboxylic acids is 1. The summed E-state index contributed by atoms with van der Waals surface area (Å²) in [4.78, 5) is 11.7. The fourth-order valence-corrected chi connectivity index (χ4v) is 3.26. The van der Waals surface area contributed by atoms with Crippen molar-refractivity contribution in [3.05, 3.63) is 64.7 Å². The number of ether oxygens (including phenoxy) is 2. The number of esters is 1. The van der Waals surface area contributed by atoms with Crippen LogP contribution in [0.15, 0.2) is 42.5 Å². The van der Waals surface area contributed by atoms with E-state index in [-0.39, 0.29) is 11.4 Å². The summed E-state index contributed by atoms with van der Waals surface area (Å²) in [6.45, 7) is 9.58. The van der Waals surface area contributed by atoms with Crippen molar-refractivity contribution < 1.29 is 14.3 Å². The van der Waals surface area contributed by atoms with Gasteiger partial charge in [-0.25, -0.2) is 4.79 Å². The molecule has 0 atom stereocenters. The Morgan fingerprint density at radius 1 is 1.15 bits per heavy atom. The molecule has 1 aliphatic rings. The van der Waals surface area contributed by atoms with Crippen LogP contribution in [0.2, 0.25) is 0 Å². The van der Waals surface area contributed by atoms with E-state index in [9.17, 15) is 4.79 Å². The average Bonchev–Trinajstić information content (AvgIpc) is 2.62. The normalized spacial score (nSPS) is 15.8. The molecule has 0 aromatic heterocycles. The highest BCUT2D eigenvalue weighted by molar-refractivity contribution is 5.90. The number of benzene rings is 2. The third-order valence-corrected chi connectivity index (χ3v) is 4.96. The number of carbonyl (C=O) groups is 1. The van der Waals surface area contributed by atoms with Crippen molar-refractivity contribution in [1.82, 2.24) is 0 Å². The van der Waals surface area contributed by atoms with Crippen molar-refractivity contribution in [1.29, 1.82) is 0 Å². The summed E-state index contributed by atoms with van der Waals surface area (Å²) in [5.41, 5.74) is 5.37. The maximum atomic E-state index is 11.7. The highest BCUT2D eigenvalue weighted by Gasteiger charge is 2.28. The molecular formula is C23H26O3. The largest absolute Gasteiger partial charge is 0.493 e. The molecule has 136 valence electrons. The predicted octanol–water partition coefficient (Wildman–Crippen LogP) is 5.48. The minimum Gasteiger partial charge on any atom is -0.493 e. The van der Waals surface area contributed by atoms with E-state index in [4.69, 9.17) is 9.47 Å². The maximum Gasteiger partial charge on any atom is 0.338 e. The Morgan fingerprint density at radius 2 is 1.85 bits per heavy atom. The molecule has 1 heterocycles. The second-order valence-electron chi connectivity index (χ2n) is 7.36. The maximum absolute atomic E-state index is 11.7. The molecule has 0 saturated carbocycles. The fourth-order valence-electron chi connectivity index (χ4n) is 3.26. The zero-order chi connectivity index (χ0) is 18.7. The van der Waals surface area contributed by atoms with Crippen molar-refractivity contribution in [2.45, 2.75) is 39.5 Å². The van der Waals surface area contributed by atoms with Gasteiger partial charge in [-0.15, -0.1) is 0 Å². The standard InChI is InChI=1S/C23H26O3/c1-5-25-22(24)18-8-6-17(7-9-18)14-16(2)19-10-11-20-21(15-19)26-13-12-23(20,3)4/h6-11,14-15H,5,12-13H2,1-4H3/b16-14+. The first kappa shape index (κ1) is 18.2. The number of hydrogen-bond acceptors (Lipinski definition) is 3. The summed E-state index contributed by atoms with van der Waals surface area (Å²) in [7, 11) is 0. The van der Waals surface area contributed by atoms with Crippen LogP contribution < -0.4 is 4.74 Å². The lowest BCUT2D eigenvalue weighted by Crippen LogP contribution is -2.26. The Hall–Kier alpha value is -2.55. The van der Waals surface area contributed by atoms with Gasteiger partial charge in [0.25, 0.3) is 0 Å². The molecule has 0 fully saturated rings. The van der Waals surface area contributed by atoms with Crippen LogP contribution in [0, 0.1) is 0 Å². The van der Waals surface area contributed by atoms with E-state index >= 15 is 0 Å². The summed E-state index contributed by atoms with van der Waals surface area (Å²) in [6, 6.07) is 14.0. The molecule has 1 aliphatic heterocycles. The Morgan fingerprint density at radius 3 is 2.54 bits per heavy atom. The van der Waals surface area contributed by atoms with Gasteiger partial charge in [0, 0.05) is 0 Å². The van der Waals surface area contributed by atoms with Crippen LogP contribution in [0.3, 0.4) is 0 Å². The summed E-state index contributed by atoms with van der Waals surface area (Å²) >= 11 is 0. The van der Waals surface area contributed by atoms with Crippen LogP contribution in [0.5, 0.6) is 5.75 Å². The molecule has 26 heavy (non-hydrogen) atoms. The highest BCUT2D eigenvalue weighted by Crippen LogP contribution is 2.39. The molecule has 0 aliphatic carbocycles. The van der Waals surface area contributed by atoms with E-state index in [1.165, 1.54) is 5.56 Å². The van der Waals surface area contributed by atoms with Gasteiger partial charge in [0.1, 0.15) is 5.75 Å². The Kier molecular flexibility index (Phi) is 5.17. The van der Waals surface area contributed by atoms with E-state index in [2.05, 4.69) is 45.0 Å². The number of fused-ring (bicyclic) bond motifs is 1. The van der Waals surface area contributed by atoms with E-state index in [1.54, 1.807) is 12.1 Å². The van der Waals surface area contributed by atoms with Gasteiger partial charge in [-0.05, 0) is 66.1 Å². The summed E-state index contributed by atoms with van der Waals surface area (Å²) in [5.74, 6) is 0.707. The van der Waals surface area contributed by atoms with Gasteiger partial charge in [-0.3, -0.25) is 0 Å². The lowest BCUT2D eigenvalue weighted by molar-refractivity contribution is 0.0526. The van der Waals surface area contributed by atoms with Crippen LogP contribution in [0.4, 0.5) is 0 Å². The minimum atomic E-state index is -0.283. The lowest BCUT2D eigenvalue weighted by Gasteiger charge is -2.32. The minimum absolute atomic E-state index is 0.159. The smallest absolute Gasteiger partial charge is 0.338 e. The van der Waals surface area contributed by atoms with E-state index in [0.29, 0.717) is 12.2 Å². The van der Waals surface area contributed by atoms with Gasteiger partial charge in [0.15, 0.2) is 0 Å². The second kappa shape index (κ2) is 7.36. The van der Waals surface area contributed by atoms with Crippen molar-refractivity contribution in [2.24, 2.45) is 0 Å². The monoisotopic (exact) mass is 350 g/mol. The molecule has 2 aromatic carbocycles. The van der Waals surface area contributed by atoms with Crippen LogP contribution in [-0.2, 0) is 10.2 Å². The molecule has 0 amide bonds. The van der Waals surface area contributed by atoms with E-state index in [1.807, 2.05) is 19.1 Å². The predicted molar refractivity (Wildman–Crippen MR) is 106 cm³/mol. The molecular weight excluding hydrogens is 324 g/mol. The molecule has 3 heteroatoms. The third-order valence-electron chi connectivity index (χ3n) is 4.96. The molecule has 0 saturated heterocycles. The fraction of sp³-hybridized carbons (Fsp3) is 0.348. The van der Waals surface area contributed by atoms with Crippen molar-refractivity contribution in [2.75, 3.05) is 13.2 Å². The van der Waals surface area contributed by atoms with Gasteiger partial charge in [-0.1, -0.05) is 44.2 Å². The molecule has 3 nitrogen and oxygen atoms in total. The van der Waals surface area contributed by atoms with Crippen molar-refractivity contribution >= 4 is 17.6 Å². The van der Waals surface area contributed by atoms with Crippen LogP contribution in [0.25, 0.3) is 11.6 Å². The van der Waals surface area contributed by atoms with Crippen molar-refractivity contribution in [3.8, 4) is 5.75 Å². The zero-order valence-electron chi connectivity index (χ0n) is 16.0. The molecule has 0 bridgehead atoms. The second-order valence-corrected chi connectivity index (χ2v) is 7.36. The molecule has 3 rings (SSSR count). The topological polar surface area (TPSA) is 35.5 Å². The number of allylic oxidation sites excluding steroid dienone is 1. The third kappa shape index (κ3) is 3.82. The Labute approximate surface area is 155 Å². The average molecular weight is 350 g/mol. The number of hydrogen-bond donors (Lipinski definition) is 0. The van der Waals surface area contributed by atoms with Gasteiger partial charge in [0.2, 0.25) is 0 Å². The molecule has 2 aromatic rings. The summed E-state index contributed by atoms with van der Waals surface area (Å²) in [6.07, 6.45) is 3.16. The van der Waals surface area contributed by atoms with Gasteiger partial charge in [-0.2, -0.15) is 0 Å².